The lowest BCUT2D eigenvalue weighted by atomic mass is 9.95. The molecule has 4 heteroatoms. The van der Waals surface area contributed by atoms with E-state index >= 15 is 0 Å². The molecule has 18 heavy (non-hydrogen) atoms. The predicted molar refractivity (Wildman–Crippen MR) is 63.5 cm³/mol. The molecule has 0 unspecified atom stereocenters. The van der Waals surface area contributed by atoms with Crippen molar-refractivity contribution < 1.29 is 18.7 Å². The van der Waals surface area contributed by atoms with Crippen LogP contribution in [-0.4, -0.2) is 11.1 Å². The fourth-order valence-electron chi connectivity index (χ4n) is 1.92. The molecular formula is C14H10F2O2. The van der Waals surface area contributed by atoms with Crippen LogP contribution in [0.3, 0.4) is 0 Å². The summed E-state index contributed by atoms with van der Waals surface area (Å²) in [5.41, 5.74) is 0.126. The highest BCUT2D eigenvalue weighted by Crippen LogP contribution is 2.30. The van der Waals surface area contributed by atoms with Crippen LogP contribution in [0.1, 0.15) is 15.9 Å². The van der Waals surface area contributed by atoms with Crippen LogP contribution in [0.4, 0.5) is 8.78 Å². The minimum atomic E-state index is -1.20. The summed E-state index contributed by atoms with van der Waals surface area (Å²) in [5.74, 6) is -2.75. The fraction of sp³-hybridized carbons (Fsp3) is 0.0714. The van der Waals surface area contributed by atoms with Crippen LogP contribution in [-0.2, 0) is 0 Å². The Hall–Kier alpha value is -2.23. The molecular weight excluding hydrogens is 238 g/mol. The number of benzene rings is 2. The molecule has 2 nitrogen and oxygen atoms in total. The summed E-state index contributed by atoms with van der Waals surface area (Å²) in [5, 5.41) is 9.14. The van der Waals surface area contributed by atoms with E-state index in [1.807, 2.05) is 0 Å². The predicted octanol–water partition coefficient (Wildman–Crippen LogP) is 3.64. The molecule has 0 spiro atoms. The summed E-state index contributed by atoms with van der Waals surface area (Å²) in [6.45, 7) is 1.59. The van der Waals surface area contributed by atoms with E-state index < -0.39 is 17.6 Å². The molecule has 0 saturated heterocycles. The van der Waals surface area contributed by atoms with Gasteiger partial charge in [0.15, 0.2) is 0 Å². The van der Waals surface area contributed by atoms with Gasteiger partial charge in [0, 0.05) is 5.56 Å². The fourth-order valence-corrected chi connectivity index (χ4v) is 1.92. The Labute approximate surface area is 103 Å². The maximum absolute atomic E-state index is 13.7. The number of aromatic carboxylic acids is 1. The minimum Gasteiger partial charge on any atom is -0.478 e. The maximum Gasteiger partial charge on any atom is 0.336 e. The largest absolute Gasteiger partial charge is 0.478 e. The van der Waals surface area contributed by atoms with Gasteiger partial charge < -0.3 is 5.11 Å². The van der Waals surface area contributed by atoms with Gasteiger partial charge in [-0.1, -0.05) is 24.3 Å². The van der Waals surface area contributed by atoms with Crippen LogP contribution in [0, 0.1) is 18.6 Å². The summed E-state index contributed by atoms with van der Waals surface area (Å²) in [6.07, 6.45) is 0. The van der Waals surface area contributed by atoms with Gasteiger partial charge in [0.25, 0.3) is 0 Å². The first kappa shape index (κ1) is 12.2. The number of carboxylic acids is 1. The van der Waals surface area contributed by atoms with Gasteiger partial charge in [-0.15, -0.1) is 0 Å². The van der Waals surface area contributed by atoms with E-state index in [0.29, 0.717) is 5.56 Å². The number of hydrogen-bond donors (Lipinski definition) is 1. The SMILES string of the molecule is Cc1cccc(-c2c(F)cccc2F)c1C(=O)O. The third kappa shape index (κ3) is 1.97. The second kappa shape index (κ2) is 4.56. The van der Waals surface area contributed by atoms with Crippen LogP contribution in [0.15, 0.2) is 36.4 Å². The number of halogens is 2. The van der Waals surface area contributed by atoms with Gasteiger partial charge in [-0.2, -0.15) is 0 Å². The Morgan fingerprint density at radius 2 is 1.61 bits per heavy atom. The molecule has 0 radical (unpaired) electrons. The van der Waals surface area contributed by atoms with Crippen molar-refractivity contribution in [2.24, 2.45) is 0 Å². The summed E-state index contributed by atoms with van der Waals surface area (Å²) < 4.78 is 27.4. The zero-order valence-corrected chi connectivity index (χ0v) is 9.58. The van der Waals surface area contributed by atoms with Crippen molar-refractivity contribution in [1.29, 1.82) is 0 Å². The molecule has 0 aliphatic carbocycles. The van der Waals surface area contributed by atoms with E-state index in [1.54, 1.807) is 19.1 Å². The summed E-state index contributed by atoms with van der Waals surface area (Å²) in [7, 11) is 0. The molecule has 0 bridgehead atoms. The molecule has 0 aromatic heterocycles. The zero-order valence-electron chi connectivity index (χ0n) is 9.58. The Morgan fingerprint density at radius 3 is 2.17 bits per heavy atom. The molecule has 2 aromatic rings. The molecule has 92 valence electrons. The van der Waals surface area contributed by atoms with Crippen molar-refractivity contribution in [2.45, 2.75) is 6.92 Å². The molecule has 2 rings (SSSR count). The molecule has 0 saturated carbocycles. The lowest BCUT2D eigenvalue weighted by Gasteiger charge is -2.10. The third-order valence-electron chi connectivity index (χ3n) is 2.72. The van der Waals surface area contributed by atoms with E-state index in [4.69, 9.17) is 5.11 Å². The van der Waals surface area contributed by atoms with Gasteiger partial charge in [-0.25, -0.2) is 13.6 Å². The zero-order chi connectivity index (χ0) is 13.3. The average Bonchev–Trinajstić information content (AvgIpc) is 2.28. The quantitative estimate of drug-likeness (QED) is 0.880. The Kier molecular flexibility index (Phi) is 3.10. The molecule has 0 amide bonds. The first-order valence-electron chi connectivity index (χ1n) is 5.29. The van der Waals surface area contributed by atoms with E-state index in [-0.39, 0.29) is 16.7 Å². The summed E-state index contributed by atoms with van der Waals surface area (Å²) >= 11 is 0. The number of carboxylic acid groups (broad SMARTS) is 1. The van der Waals surface area contributed by atoms with Gasteiger partial charge >= 0.3 is 5.97 Å². The van der Waals surface area contributed by atoms with Gasteiger partial charge in [0.05, 0.1) is 11.1 Å². The number of aryl methyl sites for hydroxylation is 1. The van der Waals surface area contributed by atoms with Crippen LogP contribution in [0.25, 0.3) is 11.1 Å². The maximum atomic E-state index is 13.7. The van der Waals surface area contributed by atoms with Gasteiger partial charge in [0.2, 0.25) is 0 Å². The number of carbonyl (C=O) groups is 1. The standard InChI is InChI=1S/C14H10F2O2/c1-8-4-2-5-9(12(8)14(17)18)13-10(15)6-3-7-11(13)16/h2-7H,1H3,(H,17,18). The number of hydrogen-bond acceptors (Lipinski definition) is 1. The third-order valence-corrected chi connectivity index (χ3v) is 2.72. The molecule has 0 heterocycles. The molecule has 2 aromatic carbocycles. The van der Waals surface area contributed by atoms with Crippen LogP contribution in [0.5, 0.6) is 0 Å². The van der Waals surface area contributed by atoms with E-state index in [2.05, 4.69) is 0 Å². The normalized spacial score (nSPS) is 10.4. The summed E-state index contributed by atoms with van der Waals surface area (Å²) in [6, 6.07) is 8.01. The smallest absolute Gasteiger partial charge is 0.336 e. The Morgan fingerprint density at radius 1 is 1.06 bits per heavy atom. The first-order valence-corrected chi connectivity index (χ1v) is 5.29. The van der Waals surface area contributed by atoms with Crippen molar-refractivity contribution in [3.8, 4) is 11.1 Å². The van der Waals surface area contributed by atoms with Gasteiger partial charge in [-0.3, -0.25) is 0 Å². The second-order valence-corrected chi connectivity index (χ2v) is 3.90. The van der Waals surface area contributed by atoms with Crippen molar-refractivity contribution in [1.82, 2.24) is 0 Å². The highest BCUT2D eigenvalue weighted by Gasteiger charge is 2.19. The van der Waals surface area contributed by atoms with Gasteiger partial charge in [-0.05, 0) is 24.6 Å². The molecule has 1 N–H and O–H groups in total. The highest BCUT2D eigenvalue weighted by atomic mass is 19.1. The van der Waals surface area contributed by atoms with Crippen molar-refractivity contribution in [2.75, 3.05) is 0 Å². The van der Waals surface area contributed by atoms with E-state index in [9.17, 15) is 13.6 Å². The second-order valence-electron chi connectivity index (χ2n) is 3.90. The van der Waals surface area contributed by atoms with E-state index in [1.165, 1.54) is 12.1 Å². The summed E-state index contributed by atoms with van der Waals surface area (Å²) in [4.78, 5) is 11.2. The van der Waals surface area contributed by atoms with E-state index in [0.717, 1.165) is 12.1 Å². The number of rotatable bonds is 2. The van der Waals surface area contributed by atoms with Crippen molar-refractivity contribution in [3.05, 3.63) is 59.2 Å². The average molecular weight is 248 g/mol. The first-order chi connectivity index (χ1) is 8.52. The van der Waals surface area contributed by atoms with Crippen LogP contribution in [0.2, 0.25) is 0 Å². The molecule has 0 aliphatic heterocycles. The van der Waals surface area contributed by atoms with Gasteiger partial charge in [0.1, 0.15) is 11.6 Å². The Bertz CT molecular complexity index is 601. The minimum absolute atomic E-state index is 0.0538. The van der Waals surface area contributed by atoms with Crippen LogP contribution < -0.4 is 0 Å². The van der Waals surface area contributed by atoms with Crippen molar-refractivity contribution in [3.63, 3.8) is 0 Å². The Balaban J connectivity index is 2.80. The highest BCUT2D eigenvalue weighted by molar-refractivity contribution is 5.97. The molecule has 0 aliphatic rings. The van der Waals surface area contributed by atoms with Crippen molar-refractivity contribution >= 4 is 5.97 Å². The lowest BCUT2D eigenvalue weighted by molar-refractivity contribution is 0.0697. The monoisotopic (exact) mass is 248 g/mol. The molecule has 0 fully saturated rings. The van der Waals surface area contributed by atoms with Crippen LogP contribution >= 0.6 is 0 Å². The lowest BCUT2D eigenvalue weighted by Crippen LogP contribution is -2.04. The topological polar surface area (TPSA) is 37.3 Å². The molecule has 0 atom stereocenters.